The van der Waals surface area contributed by atoms with Crippen molar-refractivity contribution in [3.63, 3.8) is 0 Å². The van der Waals surface area contributed by atoms with Gasteiger partial charge >= 0.3 is 7.32 Å². The van der Waals surface area contributed by atoms with Crippen molar-refractivity contribution in [3.05, 3.63) is 100 Å². The summed E-state index contributed by atoms with van der Waals surface area (Å²) in [5.74, 6) is -16.1. The molecule has 0 atom stereocenters. The summed E-state index contributed by atoms with van der Waals surface area (Å²) in [6.45, 7) is 3.45. The molecule has 0 unspecified atom stereocenters. The highest BCUT2D eigenvalue weighted by Crippen LogP contribution is 2.51. The molecule has 5 rings (SSSR count). The number of rotatable bonds is 4. The lowest BCUT2D eigenvalue weighted by Gasteiger charge is -2.23. The third-order valence-electron chi connectivity index (χ3n) is 6.45. The zero-order valence-electron chi connectivity index (χ0n) is 20.1. The van der Waals surface area contributed by atoms with E-state index in [1.54, 1.807) is 38.1 Å². The van der Waals surface area contributed by atoms with E-state index in [1.165, 1.54) is 24.3 Å². The third-order valence-corrected chi connectivity index (χ3v) is 6.45. The second-order valence-corrected chi connectivity index (χ2v) is 8.95. The minimum Gasteiger partial charge on any atom is -0.509 e. The van der Waals surface area contributed by atoms with Gasteiger partial charge < -0.3 is 14.7 Å². The first-order valence-electron chi connectivity index (χ1n) is 11.4. The maximum absolute atomic E-state index is 15.6. The van der Waals surface area contributed by atoms with Gasteiger partial charge in [0, 0.05) is 32.7 Å². The van der Waals surface area contributed by atoms with Crippen LogP contribution in [0.3, 0.4) is 0 Å². The molecular weight excluding hydrogens is 528 g/mol. The van der Waals surface area contributed by atoms with Crippen LogP contribution < -0.4 is 4.65 Å². The summed E-state index contributed by atoms with van der Waals surface area (Å²) in [7, 11) is -2.76. The minimum atomic E-state index is -2.76. The highest BCUT2D eigenvalue weighted by atomic mass is 19.2. The number of hydrogen-bond donors (Lipinski definition) is 2. The molecule has 0 saturated carbocycles. The number of fused-ring (bicyclic) bond motifs is 3. The summed E-state index contributed by atoms with van der Waals surface area (Å²) in [4.78, 5) is 0. The van der Waals surface area contributed by atoms with Crippen molar-refractivity contribution in [3.8, 4) is 28.0 Å². The zero-order chi connectivity index (χ0) is 28.3. The van der Waals surface area contributed by atoms with E-state index >= 15 is 17.6 Å². The highest BCUT2D eigenvalue weighted by Gasteiger charge is 2.34. The van der Waals surface area contributed by atoms with Crippen molar-refractivity contribution < 1.29 is 45.4 Å². The Bertz CT molecular complexity index is 1790. The molecular formula is C28H16BF7O3. The highest BCUT2D eigenvalue weighted by molar-refractivity contribution is 6.34. The van der Waals surface area contributed by atoms with Crippen molar-refractivity contribution in [1.29, 1.82) is 0 Å². The summed E-state index contributed by atoms with van der Waals surface area (Å²) in [6.07, 6.45) is 0. The van der Waals surface area contributed by atoms with Crippen LogP contribution >= 0.6 is 0 Å². The van der Waals surface area contributed by atoms with Gasteiger partial charge in [-0.1, -0.05) is 59.7 Å². The van der Waals surface area contributed by atoms with Gasteiger partial charge in [-0.25, -0.2) is 26.3 Å². The van der Waals surface area contributed by atoms with Gasteiger partial charge in [-0.05, 0) is 25.0 Å². The summed E-state index contributed by atoms with van der Waals surface area (Å²) in [5.41, 5.74) is 1.04. The van der Waals surface area contributed by atoms with Crippen LogP contribution in [0.5, 0.6) is 5.75 Å². The van der Waals surface area contributed by atoms with Gasteiger partial charge in [0.1, 0.15) is 0 Å². The number of aryl methyl sites for hydroxylation is 2. The second kappa shape index (κ2) is 9.58. The number of benzene rings is 5. The van der Waals surface area contributed by atoms with E-state index in [9.17, 15) is 23.2 Å². The van der Waals surface area contributed by atoms with E-state index in [4.69, 9.17) is 4.65 Å². The summed E-state index contributed by atoms with van der Waals surface area (Å²) in [5, 5.41) is 14.8. The molecule has 0 spiro atoms. The average molecular weight is 544 g/mol. The molecule has 0 radical (unpaired) electrons. The Morgan fingerprint density at radius 2 is 0.846 bits per heavy atom. The second-order valence-electron chi connectivity index (χ2n) is 8.95. The van der Waals surface area contributed by atoms with Crippen LogP contribution in [0.1, 0.15) is 11.1 Å². The van der Waals surface area contributed by atoms with Gasteiger partial charge in [-0.2, -0.15) is 4.39 Å². The smallest absolute Gasteiger partial charge is 0.509 e. The van der Waals surface area contributed by atoms with E-state index in [-0.39, 0.29) is 22.3 Å². The Balaban J connectivity index is 2.23. The molecule has 5 aromatic carbocycles. The first kappa shape index (κ1) is 26.5. The Kier molecular flexibility index (Phi) is 6.52. The molecule has 0 fully saturated rings. The van der Waals surface area contributed by atoms with Crippen LogP contribution in [0, 0.1) is 54.6 Å². The summed E-state index contributed by atoms with van der Waals surface area (Å²) < 4.78 is 110. The maximum Gasteiger partial charge on any atom is 0.707 e. The average Bonchev–Trinajstić information content (AvgIpc) is 2.91. The lowest BCUT2D eigenvalue weighted by molar-refractivity contribution is 0.280. The molecule has 5 aromatic rings. The van der Waals surface area contributed by atoms with Crippen molar-refractivity contribution in [2.24, 2.45) is 0 Å². The SMILES string of the molecule is Cc1ccc(-c2c(-c3ccc(C)cc3)c3c(OB(O)O)c(F)c(F)c(F)c3c3c(F)c(F)c(F)c(F)c23)cc1. The van der Waals surface area contributed by atoms with Gasteiger partial charge in [0.25, 0.3) is 0 Å². The van der Waals surface area contributed by atoms with E-state index in [0.717, 1.165) is 11.1 Å². The molecule has 11 heteroatoms. The summed E-state index contributed by atoms with van der Waals surface area (Å²) >= 11 is 0. The van der Waals surface area contributed by atoms with Crippen molar-refractivity contribution >= 4 is 28.9 Å². The predicted molar refractivity (Wildman–Crippen MR) is 132 cm³/mol. The lowest BCUT2D eigenvalue weighted by Crippen LogP contribution is -2.22. The van der Waals surface area contributed by atoms with Gasteiger partial charge in [-0.15, -0.1) is 0 Å². The lowest BCUT2D eigenvalue weighted by atomic mass is 9.83. The van der Waals surface area contributed by atoms with E-state index in [2.05, 4.69) is 0 Å². The molecule has 0 heterocycles. The van der Waals surface area contributed by atoms with Crippen LogP contribution in [0.15, 0.2) is 48.5 Å². The van der Waals surface area contributed by atoms with Gasteiger partial charge in [0.2, 0.25) is 5.82 Å². The fourth-order valence-corrected chi connectivity index (χ4v) is 4.70. The minimum absolute atomic E-state index is 0.0908. The Morgan fingerprint density at radius 3 is 1.28 bits per heavy atom. The first-order chi connectivity index (χ1) is 18.4. The van der Waals surface area contributed by atoms with Crippen LogP contribution in [0.4, 0.5) is 30.7 Å². The zero-order valence-corrected chi connectivity index (χ0v) is 20.1. The quantitative estimate of drug-likeness (QED) is 0.0824. The van der Waals surface area contributed by atoms with Crippen LogP contribution in [-0.4, -0.2) is 17.4 Å². The molecule has 0 aliphatic rings. The molecule has 198 valence electrons. The topological polar surface area (TPSA) is 49.7 Å². The molecule has 0 aliphatic carbocycles. The molecule has 2 N–H and O–H groups in total. The number of hydrogen-bond acceptors (Lipinski definition) is 3. The predicted octanol–water partition coefficient (Wildman–Crippen LogP) is 7.27. The van der Waals surface area contributed by atoms with Gasteiger partial charge in [0.05, 0.1) is 0 Å². The van der Waals surface area contributed by atoms with Gasteiger partial charge in [-0.3, -0.25) is 0 Å². The third kappa shape index (κ3) is 4.09. The van der Waals surface area contributed by atoms with Crippen LogP contribution in [0.2, 0.25) is 0 Å². The van der Waals surface area contributed by atoms with Crippen molar-refractivity contribution in [2.45, 2.75) is 13.8 Å². The normalized spacial score (nSPS) is 11.5. The molecule has 0 amide bonds. The Hall–Kier alpha value is -4.09. The van der Waals surface area contributed by atoms with E-state index in [1.807, 2.05) is 0 Å². The standard InChI is InChI=1S/C28H16BF7O3/c1-11-3-7-13(8-4-11)15-16(14-9-5-12(2)6-10-14)20-19(18-17(15)21(30)24(33)25(34)22(18)31)23(32)26(35)27(36)28(20)39-29(37)38/h3-10,37-38H,1-2H3. The van der Waals surface area contributed by atoms with E-state index in [0.29, 0.717) is 0 Å². The van der Waals surface area contributed by atoms with Crippen LogP contribution in [-0.2, 0) is 0 Å². The molecule has 0 aromatic heterocycles. The molecule has 3 nitrogen and oxygen atoms in total. The largest absolute Gasteiger partial charge is 0.707 e. The molecule has 0 bridgehead atoms. The fraction of sp³-hybridized carbons (Fsp3) is 0.0714. The Morgan fingerprint density at radius 1 is 0.487 bits per heavy atom. The summed E-state index contributed by atoms with van der Waals surface area (Å²) in [6, 6.07) is 12.0. The van der Waals surface area contributed by atoms with Crippen LogP contribution in [0.25, 0.3) is 43.8 Å². The van der Waals surface area contributed by atoms with Crippen molar-refractivity contribution in [1.82, 2.24) is 0 Å². The molecule has 39 heavy (non-hydrogen) atoms. The number of halogens is 7. The van der Waals surface area contributed by atoms with E-state index < -0.39 is 75.3 Å². The molecule has 0 aliphatic heterocycles. The molecule has 0 saturated heterocycles. The maximum atomic E-state index is 15.6. The Labute approximate surface area is 216 Å². The van der Waals surface area contributed by atoms with Gasteiger partial charge in [0.15, 0.2) is 40.7 Å². The first-order valence-corrected chi connectivity index (χ1v) is 11.4. The fourth-order valence-electron chi connectivity index (χ4n) is 4.70. The van der Waals surface area contributed by atoms with Crippen molar-refractivity contribution in [2.75, 3.05) is 0 Å². The monoisotopic (exact) mass is 544 g/mol.